The van der Waals surface area contributed by atoms with Gasteiger partial charge in [-0.3, -0.25) is 4.68 Å². The summed E-state index contributed by atoms with van der Waals surface area (Å²) < 4.78 is 20.7. The number of phenolic OH excluding ortho intramolecular Hbond substituents is 1. The van der Waals surface area contributed by atoms with E-state index in [9.17, 15) is 14.3 Å². The van der Waals surface area contributed by atoms with Crippen LogP contribution in [-0.2, 0) is 7.05 Å². The number of phenols is 1. The number of benzene rings is 2. The Morgan fingerprint density at radius 1 is 1.23 bits per heavy atom. The maximum Gasteiger partial charge on any atom is 0.323 e. The lowest BCUT2D eigenvalue weighted by atomic mass is 10.1. The molecule has 3 N–H and O–H groups in total. The average molecular weight is 448 g/mol. The van der Waals surface area contributed by atoms with Gasteiger partial charge in [0.05, 0.1) is 16.9 Å². The molecular weight excluding hydrogens is 425 g/mol. The molecule has 1 heterocycles. The van der Waals surface area contributed by atoms with Gasteiger partial charge in [-0.1, -0.05) is 11.6 Å². The molecule has 31 heavy (non-hydrogen) atoms. The summed E-state index contributed by atoms with van der Waals surface area (Å²) in [4.78, 5) is 14.4. The lowest BCUT2D eigenvalue weighted by Gasteiger charge is -2.16. The zero-order valence-corrected chi connectivity index (χ0v) is 18.1. The standard InChI is InChI=1S/C21H23ClFN5O3/c1-27(2)8-9-31-19-7-5-13(10-15(19)20-16(22)12-24-28(20)3)25-21(30)26-14-4-6-17(23)18(29)11-14/h4-7,10-12,29H,8-9H2,1-3H3,(H2,25,26,30). The first-order valence-electron chi connectivity index (χ1n) is 9.40. The van der Waals surface area contributed by atoms with E-state index in [1.807, 2.05) is 19.0 Å². The molecule has 0 atom stereocenters. The number of likely N-dealkylation sites (N-methyl/N-ethyl adjacent to an activating group) is 1. The van der Waals surface area contributed by atoms with Gasteiger partial charge in [-0.25, -0.2) is 9.18 Å². The van der Waals surface area contributed by atoms with E-state index >= 15 is 0 Å². The third kappa shape index (κ3) is 5.65. The Hall–Kier alpha value is -3.30. The zero-order valence-electron chi connectivity index (χ0n) is 17.3. The first-order chi connectivity index (χ1) is 14.7. The fourth-order valence-electron chi connectivity index (χ4n) is 2.85. The minimum atomic E-state index is -0.770. The molecular formula is C21H23ClFN5O3. The fourth-order valence-corrected chi connectivity index (χ4v) is 3.12. The van der Waals surface area contributed by atoms with Gasteiger partial charge in [0.2, 0.25) is 0 Å². The number of aromatic nitrogens is 2. The van der Waals surface area contributed by atoms with E-state index in [0.29, 0.717) is 34.3 Å². The van der Waals surface area contributed by atoms with Crippen LogP contribution in [0.25, 0.3) is 11.3 Å². The van der Waals surface area contributed by atoms with E-state index in [-0.39, 0.29) is 5.69 Å². The van der Waals surface area contributed by atoms with Crippen LogP contribution in [0.3, 0.4) is 0 Å². The van der Waals surface area contributed by atoms with Crippen molar-refractivity contribution in [2.75, 3.05) is 37.9 Å². The van der Waals surface area contributed by atoms with Crippen molar-refractivity contribution in [3.63, 3.8) is 0 Å². The lowest BCUT2D eigenvalue weighted by molar-refractivity contribution is 0.261. The summed E-state index contributed by atoms with van der Waals surface area (Å²) in [5.74, 6) is -0.722. The van der Waals surface area contributed by atoms with Crippen LogP contribution in [0.2, 0.25) is 5.02 Å². The van der Waals surface area contributed by atoms with E-state index in [1.54, 1.807) is 29.9 Å². The van der Waals surface area contributed by atoms with E-state index in [4.69, 9.17) is 16.3 Å². The second-order valence-electron chi connectivity index (χ2n) is 7.07. The van der Waals surface area contributed by atoms with Gasteiger partial charge in [0, 0.05) is 36.6 Å². The van der Waals surface area contributed by atoms with Crippen LogP contribution in [0.15, 0.2) is 42.6 Å². The molecule has 2 amide bonds. The number of aromatic hydroxyl groups is 1. The molecule has 8 nitrogen and oxygen atoms in total. The van der Waals surface area contributed by atoms with E-state index in [2.05, 4.69) is 15.7 Å². The molecule has 0 fully saturated rings. The van der Waals surface area contributed by atoms with Crippen LogP contribution in [-0.4, -0.2) is 53.1 Å². The number of urea groups is 1. The summed E-state index contributed by atoms with van der Waals surface area (Å²) in [6.45, 7) is 1.20. The second kappa shape index (κ2) is 9.67. The first-order valence-corrected chi connectivity index (χ1v) is 9.78. The van der Waals surface area contributed by atoms with Crippen molar-refractivity contribution in [2.45, 2.75) is 0 Å². The number of hydrogen-bond donors (Lipinski definition) is 3. The van der Waals surface area contributed by atoms with Gasteiger partial charge in [0.25, 0.3) is 0 Å². The molecule has 164 valence electrons. The average Bonchev–Trinajstić information content (AvgIpc) is 3.03. The van der Waals surface area contributed by atoms with Gasteiger partial charge in [-0.15, -0.1) is 0 Å². The summed E-state index contributed by atoms with van der Waals surface area (Å²) in [5.41, 5.74) is 2.04. The van der Waals surface area contributed by atoms with E-state index in [0.717, 1.165) is 18.7 Å². The number of halogens is 2. The molecule has 2 aromatic carbocycles. The maximum atomic E-state index is 13.2. The van der Waals surface area contributed by atoms with Crippen molar-refractivity contribution >= 4 is 29.0 Å². The largest absolute Gasteiger partial charge is 0.505 e. The highest BCUT2D eigenvalue weighted by atomic mass is 35.5. The monoisotopic (exact) mass is 447 g/mol. The molecule has 0 saturated heterocycles. The smallest absolute Gasteiger partial charge is 0.323 e. The van der Waals surface area contributed by atoms with Crippen LogP contribution in [0.5, 0.6) is 11.5 Å². The van der Waals surface area contributed by atoms with Crippen LogP contribution < -0.4 is 15.4 Å². The summed E-state index contributed by atoms with van der Waals surface area (Å²) in [6, 6.07) is 8.14. The highest BCUT2D eigenvalue weighted by Crippen LogP contribution is 2.36. The number of nitrogens with one attached hydrogen (secondary N) is 2. The molecule has 1 aromatic heterocycles. The van der Waals surface area contributed by atoms with E-state index in [1.165, 1.54) is 12.3 Å². The Labute approximate surface area is 184 Å². The SMILES string of the molecule is CN(C)CCOc1ccc(NC(=O)Nc2ccc(F)c(O)c2)cc1-c1c(Cl)cnn1C. The molecule has 0 bridgehead atoms. The minimum absolute atomic E-state index is 0.245. The number of ether oxygens (including phenoxy) is 1. The van der Waals surface area contributed by atoms with Gasteiger partial charge >= 0.3 is 6.03 Å². The maximum absolute atomic E-state index is 13.2. The Bertz CT molecular complexity index is 1070. The number of carbonyl (C=O) groups excluding carboxylic acids is 1. The Morgan fingerprint density at radius 3 is 2.52 bits per heavy atom. The fraction of sp³-hybridized carbons (Fsp3) is 0.238. The number of rotatable bonds is 7. The third-order valence-electron chi connectivity index (χ3n) is 4.39. The number of carbonyl (C=O) groups is 1. The molecule has 0 aliphatic carbocycles. The van der Waals surface area contributed by atoms with Crippen molar-refractivity contribution in [2.24, 2.45) is 7.05 Å². The number of aryl methyl sites for hydroxylation is 1. The van der Waals surface area contributed by atoms with Gasteiger partial charge in [-0.2, -0.15) is 5.10 Å². The van der Waals surface area contributed by atoms with Crippen molar-refractivity contribution in [3.8, 4) is 22.8 Å². The first kappa shape index (κ1) is 22.4. The predicted molar refractivity (Wildman–Crippen MR) is 118 cm³/mol. The molecule has 0 radical (unpaired) electrons. The zero-order chi connectivity index (χ0) is 22.5. The Kier molecular flexibility index (Phi) is 6.98. The Morgan fingerprint density at radius 2 is 1.90 bits per heavy atom. The molecule has 0 aliphatic rings. The molecule has 0 spiro atoms. The summed E-state index contributed by atoms with van der Waals surface area (Å²) in [5, 5.41) is 19.3. The van der Waals surface area contributed by atoms with Crippen molar-refractivity contribution in [1.82, 2.24) is 14.7 Å². The minimum Gasteiger partial charge on any atom is -0.505 e. The van der Waals surface area contributed by atoms with Crippen LogP contribution in [0, 0.1) is 5.82 Å². The second-order valence-corrected chi connectivity index (χ2v) is 7.48. The molecule has 10 heteroatoms. The molecule has 3 rings (SSSR count). The van der Waals surface area contributed by atoms with E-state index < -0.39 is 17.6 Å². The van der Waals surface area contributed by atoms with Crippen molar-refractivity contribution in [3.05, 3.63) is 53.4 Å². The molecule has 0 aliphatic heterocycles. The number of hydrogen-bond acceptors (Lipinski definition) is 5. The lowest BCUT2D eigenvalue weighted by Crippen LogP contribution is -2.20. The number of amides is 2. The van der Waals surface area contributed by atoms with Gasteiger partial charge in [-0.05, 0) is 44.4 Å². The number of nitrogens with zero attached hydrogens (tertiary/aromatic N) is 3. The quantitative estimate of drug-likeness (QED) is 0.505. The van der Waals surface area contributed by atoms with Crippen molar-refractivity contribution in [1.29, 1.82) is 0 Å². The Balaban J connectivity index is 1.83. The molecule has 0 saturated carbocycles. The van der Waals surface area contributed by atoms with Crippen LogP contribution >= 0.6 is 11.6 Å². The summed E-state index contributed by atoms with van der Waals surface area (Å²) in [6.07, 6.45) is 1.54. The highest BCUT2D eigenvalue weighted by Gasteiger charge is 2.16. The predicted octanol–water partition coefficient (Wildman–Crippen LogP) is 4.17. The number of anilines is 2. The van der Waals surface area contributed by atoms with Gasteiger partial charge in [0.15, 0.2) is 11.6 Å². The normalized spacial score (nSPS) is 10.9. The summed E-state index contributed by atoms with van der Waals surface area (Å²) >= 11 is 6.33. The summed E-state index contributed by atoms with van der Waals surface area (Å²) in [7, 11) is 5.67. The van der Waals surface area contributed by atoms with Crippen LogP contribution in [0.4, 0.5) is 20.6 Å². The highest BCUT2D eigenvalue weighted by molar-refractivity contribution is 6.33. The van der Waals surface area contributed by atoms with Crippen LogP contribution in [0.1, 0.15) is 0 Å². The van der Waals surface area contributed by atoms with Gasteiger partial charge in [0.1, 0.15) is 12.4 Å². The topological polar surface area (TPSA) is 91.7 Å². The van der Waals surface area contributed by atoms with Gasteiger partial charge < -0.3 is 25.4 Å². The molecule has 3 aromatic rings. The van der Waals surface area contributed by atoms with Crippen molar-refractivity contribution < 1.29 is 19.0 Å². The molecule has 0 unspecified atom stereocenters. The third-order valence-corrected chi connectivity index (χ3v) is 4.66.